The summed E-state index contributed by atoms with van der Waals surface area (Å²) >= 11 is 0. The van der Waals surface area contributed by atoms with Crippen molar-refractivity contribution >= 4 is 11.9 Å². The molecule has 0 bridgehead atoms. The van der Waals surface area contributed by atoms with Crippen LogP contribution < -0.4 is 9.47 Å². The number of nitrogens with zero attached hydrogens (tertiary/aromatic N) is 2. The second-order valence-electron chi connectivity index (χ2n) is 7.39. The standard InChI is InChI=1S/C22H24N2O6/c1-15-3-2-4-17(21(15)26)22(27)28-13-20(25)24-9-7-23(8-10-24)12-16-5-6-18-19(11-16)30-14-29-18/h2-6,11,26H,7-10,12-14H2,1H3. The second-order valence-corrected chi connectivity index (χ2v) is 7.39. The molecule has 1 fully saturated rings. The van der Waals surface area contributed by atoms with Crippen molar-refractivity contribution in [1.29, 1.82) is 0 Å². The third-order valence-corrected chi connectivity index (χ3v) is 5.35. The van der Waals surface area contributed by atoms with Crippen LogP contribution in [0, 0.1) is 6.92 Å². The fraction of sp³-hybridized carbons (Fsp3) is 0.364. The molecule has 2 aliphatic heterocycles. The molecule has 0 spiro atoms. The predicted octanol–water partition coefficient (Wildman–Crippen LogP) is 1.93. The number of aryl methyl sites for hydroxylation is 1. The molecule has 30 heavy (non-hydrogen) atoms. The van der Waals surface area contributed by atoms with Crippen LogP contribution in [0.25, 0.3) is 0 Å². The summed E-state index contributed by atoms with van der Waals surface area (Å²) < 4.78 is 15.9. The summed E-state index contributed by atoms with van der Waals surface area (Å²) in [6, 6.07) is 10.8. The number of fused-ring (bicyclic) bond motifs is 1. The molecule has 8 nitrogen and oxygen atoms in total. The van der Waals surface area contributed by atoms with Crippen molar-refractivity contribution in [2.45, 2.75) is 13.5 Å². The lowest BCUT2D eigenvalue weighted by Gasteiger charge is -2.34. The molecule has 2 aromatic carbocycles. The molecule has 0 saturated carbocycles. The van der Waals surface area contributed by atoms with E-state index in [-0.39, 0.29) is 30.6 Å². The minimum atomic E-state index is -0.703. The Hall–Kier alpha value is -3.26. The van der Waals surface area contributed by atoms with Crippen molar-refractivity contribution in [1.82, 2.24) is 9.80 Å². The summed E-state index contributed by atoms with van der Waals surface area (Å²) in [4.78, 5) is 28.5. The molecular formula is C22H24N2O6. The van der Waals surface area contributed by atoms with Crippen LogP contribution >= 0.6 is 0 Å². The molecule has 0 atom stereocenters. The zero-order chi connectivity index (χ0) is 21.1. The maximum Gasteiger partial charge on any atom is 0.342 e. The Balaban J connectivity index is 1.24. The molecule has 2 aromatic rings. The van der Waals surface area contributed by atoms with Crippen molar-refractivity contribution in [2.24, 2.45) is 0 Å². The van der Waals surface area contributed by atoms with E-state index >= 15 is 0 Å². The van der Waals surface area contributed by atoms with Gasteiger partial charge in [-0.1, -0.05) is 18.2 Å². The van der Waals surface area contributed by atoms with Gasteiger partial charge in [-0.2, -0.15) is 0 Å². The van der Waals surface area contributed by atoms with Crippen LogP contribution in [0.1, 0.15) is 21.5 Å². The number of phenols is 1. The first kappa shape index (κ1) is 20.0. The summed E-state index contributed by atoms with van der Waals surface area (Å²) in [5.41, 5.74) is 1.77. The molecule has 8 heteroatoms. The van der Waals surface area contributed by atoms with E-state index in [1.165, 1.54) is 6.07 Å². The van der Waals surface area contributed by atoms with Crippen LogP contribution in [0.2, 0.25) is 0 Å². The smallest absolute Gasteiger partial charge is 0.342 e. The number of ether oxygens (including phenoxy) is 3. The average molecular weight is 412 g/mol. The number of esters is 1. The highest BCUT2D eigenvalue weighted by molar-refractivity contribution is 5.94. The van der Waals surface area contributed by atoms with Crippen molar-refractivity contribution < 1.29 is 28.9 Å². The first-order chi connectivity index (χ1) is 14.5. The van der Waals surface area contributed by atoms with E-state index in [9.17, 15) is 14.7 Å². The third-order valence-electron chi connectivity index (χ3n) is 5.35. The van der Waals surface area contributed by atoms with Gasteiger partial charge >= 0.3 is 5.97 Å². The highest BCUT2D eigenvalue weighted by Gasteiger charge is 2.23. The first-order valence-electron chi connectivity index (χ1n) is 9.85. The number of rotatable bonds is 5. The van der Waals surface area contributed by atoms with E-state index in [0.717, 1.165) is 36.7 Å². The van der Waals surface area contributed by atoms with Gasteiger partial charge in [0.15, 0.2) is 18.1 Å². The minimum absolute atomic E-state index is 0.0661. The largest absolute Gasteiger partial charge is 0.507 e. The molecule has 2 heterocycles. The predicted molar refractivity (Wildman–Crippen MR) is 108 cm³/mol. The summed E-state index contributed by atoms with van der Waals surface area (Å²) in [6.07, 6.45) is 0. The zero-order valence-corrected chi connectivity index (χ0v) is 16.8. The lowest BCUT2D eigenvalue weighted by molar-refractivity contribution is -0.136. The Kier molecular flexibility index (Phi) is 5.76. The number of carbonyl (C=O) groups is 2. The van der Waals surface area contributed by atoms with Crippen LogP contribution in [-0.4, -0.2) is 66.4 Å². The second kappa shape index (κ2) is 8.62. The number of aromatic hydroxyl groups is 1. The van der Waals surface area contributed by atoms with Crippen LogP contribution in [0.5, 0.6) is 17.2 Å². The molecule has 4 rings (SSSR count). The number of phenolic OH excluding ortho intramolecular Hbond substituents is 1. The Bertz CT molecular complexity index is 953. The van der Waals surface area contributed by atoms with Gasteiger partial charge in [0, 0.05) is 32.7 Å². The van der Waals surface area contributed by atoms with Gasteiger partial charge in [0.25, 0.3) is 5.91 Å². The van der Waals surface area contributed by atoms with Crippen LogP contribution in [0.15, 0.2) is 36.4 Å². The third kappa shape index (κ3) is 4.33. The first-order valence-corrected chi connectivity index (χ1v) is 9.85. The number of hydrogen-bond donors (Lipinski definition) is 1. The Labute approximate surface area is 174 Å². The topological polar surface area (TPSA) is 88.5 Å². The van der Waals surface area contributed by atoms with E-state index in [2.05, 4.69) is 4.90 Å². The summed E-state index contributed by atoms with van der Waals surface area (Å²) in [5.74, 6) is 0.474. The number of benzene rings is 2. The number of hydrogen-bond acceptors (Lipinski definition) is 7. The van der Waals surface area contributed by atoms with Crippen LogP contribution in [0.3, 0.4) is 0 Å². The van der Waals surface area contributed by atoms with E-state index in [4.69, 9.17) is 14.2 Å². The molecule has 0 aromatic heterocycles. The SMILES string of the molecule is Cc1cccc(C(=O)OCC(=O)N2CCN(Cc3ccc4c(c3)OCO4)CC2)c1O. The fourth-order valence-corrected chi connectivity index (χ4v) is 3.57. The van der Waals surface area contributed by atoms with Crippen molar-refractivity contribution in [3.63, 3.8) is 0 Å². The monoisotopic (exact) mass is 412 g/mol. The van der Waals surface area contributed by atoms with Gasteiger partial charge in [0.1, 0.15) is 11.3 Å². The van der Waals surface area contributed by atoms with E-state index in [1.807, 2.05) is 18.2 Å². The highest BCUT2D eigenvalue weighted by atomic mass is 16.7. The molecule has 1 amide bonds. The van der Waals surface area contributed by atoms with Gasteiger partial charge in [0.2, 0.25) is 6.79 Å². The van der Waals surface area contributed by atoms with E-state index in [1.54, 1.807) is 24.0 Å². The lowest BCUT2D eigenvalue weighted by Crippen LogP contribution is -2.49. The number of para-hydroxylation sites is 1. The fourth-order valence-electron chi connectivity index (χ4n) is 3.57. The van der Waals surface area contributed by atoms with Gasteiger partial charge < -0.3 is 24.2 Å². The molecular weight excluding hydrogens is 388 g/mol. The summed E-state index contributed by atoms with van der Waals surface area (Å²) in [6.45, 7) is 4.97. The van der Waals surface area contributed by atoms with Crippen LogP contribution in [-0.2, 0) is 16.1 Å². The molecule has 2 aliphatic rings. The van der Waals surface area contributed by atoms with Crippen molar-refractivity contribution in [2.75, 3.05) is 39.6 Å². The van der Waals surface area contributed by atoms with E-state index in [0.29, 0.717) is 18.7 Å². The average Bonchev–Trinajstić information content (AvgIpc) is 3.22. The molecule has 0 unspecified atom stereocenters. The highest BCUT2D eigenvalue weighted by Crippen LogP contribution is 2.32. The summed E-state index contributed by atoms with van der Waals surface area (Å²) in [7, 11) is 0. The molecule has 1 N–H and O–H groups in total. The van der Waals surface area contributed by atoms with E-state index < -0.39 is 5.97 Å². The van der Waals surface area contributed by atoms with Gasteiger partial charge in [-0.25, -0.2) is 4.79 Å². The Morgan fingerprint density at radius 3 is 2.63 bits per heavy atom. The molecule has 0 radical (unpaired) electrons. The normalized spacial score (nSPS) is 15.8. The maximum atomic E-state index is 12.4. The van der Waals surface area contributed by atoms with Crippen molar-refractivity contribution in [3.05, 3.63) is 53.1 Å². The van der Waals surface area contributed by atoms with Gasteiger partial charge in [0.05, 0.1) is 0 Å². The number of carbonyl (C=O) groups excluding carboxylic acids is 2. The Morgan fingerprint density at radius 2 is 1.83 bits per heavy atom. The summed E-state index contributed by atoms with van der Waals surface area (Å²) in [5, 5.41) is 9.97. The number of piperazine rings is 1. The Morgan fingerprint density at radius 1 is 1.07 bits per heavy atom. The zero-order valence-electron chi connectivity index (χ0n) is 16.8. The van der Waals surface area contributed by atoms with Crippen molar-refractivity contribution in [3.8, 4) is 17.2 Å². The quantitative estimate of drug-likeness (QED) is 0.751. The molecule has 158 valence electrons. The van der Waals surface area contributed by atoms with Crippen LogP contribution in [0.4, 0.5) is 0 Å². The minimum Gasteiger partial charge on any atom is -0.507 e. The molecule has 1 saturated heterocycles. The van der Waals surface area contributed by atoms with Gasteiger partial charge in [-0.3, -0.25) is 9.69 Å². The maximum absolute atomic E-state index is 12.4. The van der Waals surface area contributed by atoms with Gasteiger partial charge in [-0.15, -0.1) is 0 Å². The number of amides is 1. The molecule has 0 aliphatic carbocycles. The van der Waals surface area contributed by atoms with Gasteiger partial charge in [-0.05, 0) is 36.2 Å². The lowest BCUT2D eigenvalue weighted by atomic mass is 10.1.